The molecule has 0 radical (unpaired) electrons. The van der Waals surface area contributed by atoms with Crippen molar-refractivity contribution in [1.29, 1.82) is 0 Å². The summed E-state index contributed by atoms with van der Waals surface area (Å²) in [6.07, 6.45) is 0. The number of aryl methyl sites for hydroxylation is 1. The standard InChI is InChI=1S/C18H22F2N2/c1-11(2)13(4)21-10-18-16(20)5-6-17(22-18)14-7-12(3)8-15(19)9-14/h5-9,11,13,21H,10H2,1-4H3/t13-/m1/s1. The minimum atomic E-state index is -0.347. The number of halogens is 2. The summed E-state index contributed by atoms with van der Waals surface area (Å²) < 4.78 is 27.4. The minimum Gasteiger partial charge on any atom is -0.308 e. The molecule has 0 amide bonds. The van der Waals surface area contributed by atoms with Crippen molar-refractivity contribution < 1.29 is 8.78 Å². The fraction of sp³-hybridized carbons (Fsp3) is 0.389. The highest BCUT2D eigenvalue weighted by Crippen LogP contribution is 2.21. The van der Waals surface area contributed by atoms with Gasteiger partial charge in [0, 0.05) is 18.2 Å². The normalized spacial score (nSPS) is 12.7. The molecule has 0 aliphatic heterocycles. The Balaban J connectivity index is 2.26. The van der Waals surface area contributed by atoms with Gasteiger partial charge < -0.3 is 5.32 Å². The second-order valence-electron chi connectivity index (χ2n) is 6.06. The van der Waals surface area contributed by atoms with Gasteiger partial charge in [-0.3, -0.25) is 0 Å². The molecule has 2 nitrogen and oxygen atoms in total. The number of nitrogens with zero attached hydrogens (tertiary/aromatic N) is 1. The van der Waals surface area contributed by atoms with Gasteiger partial charge in [0.1, 0.15) is 11.6 Å². The van der Waals surface area contributed by atoms with Gasteiger partial charge in [-0.1, -0.05) is 13.8 Å². The Labute approximate surface area is 130 Å². The zero-order valence-electron chi connectivity index (χ0n) is 13.5. The monoisotopic (exact) mass is 304 g/mol. The summed E-state index contributed by atoms with van der Waals surface area (Å²) in [6, 6.07) is 7.96. The summed E-state index contributed by atoms with van der Waals surface area (Å²) >= 11 is 0. The Kier molecular flexibility index (Phi) is 5.24. The first-order valence-corrected chi connectivity index (χ1v) is 7.53. The first kappa shape index (κ1) is 16.6. The van der Waals surface area contributed by atoms with Gasteiger partial charge in [0.05, 0.1) is 11.4 Å². The summed E-state index contributed by atoms with van der Waals surface area (Å²) in [4.78, 5) is 4.35. The lowest BCUT2D eigenvalue weighted by molar-refractivity contribution is 0.418. The van der Waals surface area contributed by atoms with E-state index in [1.165, 1.54) is 18.2 Å². The van der Waals surface area contributed by atoms with E-state index in [1.54, 1.807) is 6.07 Å². The quantitative estimate of drug-likeness (QED) is 0.881. The van der Waals surface area contributed by atoms with Gasteiger partial charge in [0.15, 0.2) is 0 Å². The molecule has 0 saturated heterocycles. The van der Waals surface area contributed by atoms with E-state index < -0.39 is 0 Å². The van der Waals surface area contributed by atoms with Crippen LogP contribution in [0.1, 0.15) is 32.0 Å². The number of aromatic nitrogens is 1. The molecule has 1 heterocycles. The average Bonchev–Trinajstić information content (AvgIpc) is 2.44. The molecule has 0 spiro atoms. The fourth-order valence-electron chi connectivity index (χ4n) is 2.15. The van der Waals surface area contributed by atoms with Gasteiger partial charge in [-0.05, 0) is 55.7 Å². The third-order valence-electron chi connectivity index (χ3n) is 3.85. The Bertz CT molecular complexity index is 633. The summed E-state index contributed by atoms with van der Waals surface area (Å²) in [7, 11) is 0. The highest BCUT2D eigenvalue weighted by molar-refractivity contribution is 5.60. The molecule has 22 heavy (non-hydrogen) atoms. The molecular formula is C18H22F2N2. The maximum absolute atomic E-state index is 13.9. The van der Waals surface area contributed by atoms with Crippen LogP contribution in [0.15, 0.2) is 30.3 Å². The van der Waals surface area contributed by atoms with Crippen molar-refractivity contribution in [2.45, 2.75) is 40.3 Å². The van der Waals surface area contributed by atoms with Crippen molar-refractivity contribution in [3.05, 3.63) is 53.2 Å². The van der Waals surface area contributed by atoms with Crippen LogP contribution in [0, 0.1) is 24.5 Å². The van der Waals surface area contributed by atoms with Gasteiger partial charge in [0.2, 0.25) is 0 Å². The minimum absolute atomic E-state index is 0.265. The summed E-state index contributed by atoms with van der Waals surface area (Å²) in [5, 5.41) is 3.26. The third-order valence-corrected chi connectivity index (χ3v) is 3.85. The molecule has 1 N–H and O–H groups in total. The number of benzene rings is 1. The zero-order valence-corrected chi connectivity index (χ0v) is 13.5. The van der Waals surface area contributed by atoms with Crippen LogP contribution in [0.4, 0.5) is 8.78 Å². The van der Waals surface area contributed by atoms with E-state index in [4.69, 9.17) is 0 Å². The molecule has 0 fully saturated rings. The third kappa shape index (κ3) is 4.10. The number of nitrogens with one attached hydrogen (secondary N) is 1. The van der Waals surface area contributed by atoms with Gasteiger partial charge in [-0.25, -0.2) is 13.8 Å². The molecule has 0 saturated carbocycles. The molecule has 4 heteroatoms. The van der Waals surface area contributed by atoms with Crippen LogP contribution in [0.3, 0.4) is 0 Å². The lowest BCUT2D eigenvalue weighted by Gasteiger charge is -2.17. The molecule has 1 aromatic carbocycles. The highest BCUT2D eigenvalue weighted by atomic mass is 19.1. The summed E-state index contributed by atoms with van der Waals surface area (Å²) in [5.41, 5.74) is 2.41. The van der Waals surface area contributed by atoms with E-state index in [1.807, 2.05) is 13.0 Å². The first-order valence-electron chi connectivity index (χ1n) is 7.53. The molecular weight excluding hydrogens is 282 g/mol. The van der Waals surface area contributed by atoms with Crippen LogP contribution in [-0.4, -0.2) is 11.0 Å². The second kappa shape index (κ2) is 6.97. The largest absolute Gasteiger partial charge is 0.308 e. The molecule has 0 bridgehead atoms. The Morgan fingerprint density at radius 1 is 1.09 bits per heavy atom. The molecule has 118 valence electrons. The van der Waals surface area contributed by atoms with E-state index in [9.17, 15) is 8.78 Å². The van der Waals surface area contributed by atoms with Gasteiger partial charge in [-0.15, -0.1) is 0 Å². The average molecular weight is 304 g/mol. The van der Waals surface area contributed by atoms with Crippen LogP contribution in [-0.2, 0) is 6.54 Å². The lowest BCUT2D eigenvalue weighted by atomic mass is 10.1. The molecule has 1 aromatic heterocycles. The SMILES string of the molecule is Cc1cc(F)cc(-c2ccc(F)c(CN[C@H](C)C(C)C)n2)c1. The van der Waals surface area contributed by atoms with E-state index in [2.05, 4.69) is 31.1 Å². The number of hydrogen-bond acceptors (Lipinski definition) is 2. The molecule has 1 atom stereocenters. The Morgan fingerprint density at radius 3 is 2.45 bits per heavy atom. The van der Waals surface area contributed by atoms with Crippen LogP contribution < -0.4 is 5.32 Å². The molecule has 2 aromatic rings. The maximum Gasteiger partial charge on any atom is 0.146 e. The fourth-order valence-corrected chi connectivity index (χ4v) is 2.15. The number of pyridine rings is 1. The van der Waals surface area contributed by atoms with Crippen molar-refractivity contribution in [3.63, 3.8) is 0 Å². The van der Waals surface area contributed by atoms with Gasteiger partial charge in [0.25, 0.3) is 0 Å². The predicted octanol–water partition coefficient (Wildman–Crippen LogP) is 4.47. The highest BCUT2D eigenvalue weighted by Gasteiger charge is 2.11. The molecule has 2 rings (SSSR count). The molecule has 0 aliphatic rings. The van der Waals surface area contributed by atoms with Crippen LogP contribution >= 0.6 is 0 Å². The van der Waals surface area contributed by atoms with Gasteiger partial charge in [-0.2, -0.15) is 0 Å². The second-order valence-corrected chi connectivity index (χ2v) is 6.06. The Morgan fingerprint density at radius 2 is 1.82 bits per heavy atom. The first-order chi connectivity index (χ1) is 10.4. The summed E-state index contributed by atoms with van der Waals surface area (Å²) in [5.74, 6) is -0.202. The van der Waals surface area contributed by atoms with E-state index in [-0.39, 0.29) is 17.7 Å². The number of rotatable bonds is 5. The van der Waals surface area contributed by atoms with Gasteiger partial charge >= 0.3 is 0 Å². The summed E-state index contributed by atoms with van der Waals surface area (Å²) in [6.45, 7) is 8.44. The van der Waals surface area contributed by atoms with Crippen molar-refractivity contribution in [3.8, 4) is 11.3 Å². The maximum atomic E-state index is 13.9. The van der Waals surface area contributed by atoms with Crippen LogP contribution in [0.2, 0.25) is 0 Å². The Hall–Kier alpha value is -1.81. The number of hydrogen-bond donors (Lipinski definition) is 1. The van der Waals surface area contributed by atoms with Crippen molar-refractivity contribution in [1.82, 2.24) is 10.3 Å². The van der Waals surface area contributed by atoms with Crippen molar-refractivity contribution in [2.24, 2.45) is 5.92 Å². The molecule has 0 aliphatic carbocycles. The lowest BCUT2D eigenvalue weighted by Crippen LogP contribution is -2.30. The van der Waals surface area contributed by atoms with E-state index in [0.717, 1.165) is 5.56 Å². The predicted molar refractivity (Wildman–Crippen MR) is 85.5 cm³/mol. The van der Waals surface area contributed by atoms with Crippen molar-refractivity contribution in [2.75, 3.05) is 0 Å². The smallest absolute Gasteiger partial charge is 0.146 e. The van der Waals surface area contributed by atoms with Crippen LogP contribution in [0.5, 0.6) is 0 Å². The van der Waals surface area contributed by atoms with Crippen molar-refractivity contribution >= 4 is 0 Å². The van der Waals surface area contributed by atoms with E-state index >= 15 is 0 Å². The van der Waals surface area contributed by atoms with Crippen LogP contribution in [0.25, 0.3) is 11.3 Å². The van der Waals surface area contributed by atoms with E-state index in [0.29, 0.717) is 29.4 Å². The topological polar surface area (TPSA) is 24.9 Å². The zero-order chi connectivity index (χ0) is 16.3. The molecule has 0 unspecified atom stereocenters.